The van der Waals surface area contributed by atoms with E-state index in [4.69, 9.17) is 9.47 Å². The lowest BCUT2D eigenvalue weighted by atomic mass is 9.72. The molecule has 0 saturated heterocycles. The number of hydrogen-bond acceptors (Lipinski definition) is 6. The molecule has 0 aromatic heterocycles. The molecular formula is C27H38F12O6. The quantitative estimate of drug-likeness (QED) is 0.161. The number of alkyl halides is 12. The smallest absolute Gasteiger partial charge is 0.426 e. The summed E-state index contributed by atoms with van der Waals surface area (Å²) in [6, 6.07) is 0. The summed E-state index contributed by atoms with van der Waals surface area (Å²) in [6.45, 7) is 5.34. The van der Waals surface area contributed by atoms with Gasteiger partial charge in [0.05, 0.1) is 10.8 Å². The first-order valence-corrected chi connectivity index (χ1v) is 14.0. The molecule has 0 spiro atoms. The average Bonchev–Trinajstić information content (AvgIpc) is 2.85. The van der Waals surface area contributed by atoms with Gasteiger partial charge in [-0.2, -0.15) is 52.7 Å². The highest BCUT2D eigenvalue weighted by Gasteiger charge is 2.72. The monoisotopic (exact) mass is 686 g/mol. The van der Waals surface area contributed by atoms with Crippen molar-refractivity contribution < 1.29 is 82.0 Å². The highest BCUT2D eigenvalue weighted by atomic mass is 19.4. The van der Waals surface area contributed by atoms with Crippen LogP contribution in [0.1, 0.15) is 92.4 Å². The van der Waals surface area contributed by atoms with Crippen molar-refractivity contribution in [3.05, 3.63) is 0 Å². The Balaban J connectivity index is 3.27. The SMILES string of the molecule is CCC(C)(CC(C)(C)C(=O)OC(C)CC(O)(C(F)(F)F)C(F)(F)F)C(=O)OC(CC(O)(C(F)(F)F)C(F)(F)F)C1CCCCC1. The van der Waals surface area contributed by atoms with Crippen LogP contribution in [0.5, 0.6) is 0 Å². The van der Waals surface area contributed by atoms with E-state index in [1.54, 1.807) is 0 Å². The predicted molar refractivity (Wildman–Crippen MR) is 132 cm³/mol. The van der Waals surface area contributed by atoms with Crippen LogP contribution in [0.3, 0.4) is 0 Å². The third kappa shape index (κ3) is 9.31. The van der Waals surface area contributed by atoms with Gasteiger partial charge in [-0.1, -0.05) is 26.2 Å². The van der Waals surface area contributed by atoms with Crippen LogP contribution in [0, 0.1) is 16.7 Å². The van der Waals surface area contributed by atoms with Gasteiger partial charge < -0.3 is 19.7 Å². The van der Waals surface area contributed by atoms with E-state index in [0.29, 0.717) is 26.2 Å². The predicted octanol–water partition coefficient (Wildman–Crippen LogP) is 7.73. The molecule has 45 heavy (non-hydrogen) atoms. The van der Waals surface area contributed by atoms with E-state index in [0.717, 1.165) is 20.8 Å². The molecule has 266 valence electrons. The Morgan fingerprint density at radius 2 is 1.09 bits per heavy atom. The van der Waals surface area contributed by atoms with E-state index < -0.39 is 96.1 Å². The van der Waals surface area contributed by atoms with E-state index >= 15 is 0 Å². The fourth-order valence-electron chi connectivity index (χ4n) is 5.35. The second kappa shape index (κ2) is 13.6. The first kappa shape index (κ1) is 41.0. The minimum absolute atomic E-state index is 0.0878. The van der Waals surface area contributed by atoms with Gasteiger partial charge in [-0.15, -0.1) is 0 Å². The van der Waals surface area contributed by atoms with Crippen molar-refractivity contribution in [2.24, 2.45) is 16.7 Å². The zero-order chi connectivity index (χ0) is 35.7. The number of carbonyl (C=O) groups is 2. The Morgan fingerprint density at radius 3 is 1.47 bits per heavy atom. The number of aliphatic hydroxyl groups is 2. The van der Waals surface area contributed by atoms with Crippen molar-refractivity contribution in [3.8, 4) is 0 Å². The van der Waals surface area contributed by atoms with Crippen LogP contribution in [0.2, 0.25) is 0 Å². The lowest BCUT2D eigenvalue weighted by molar-refractivity contribution is -0.375. The van der Waals surface area contributed by atoms with Gasteiger partial charge >= 0.3 is 36.6 Å². The summed E-state index contributed by atoms with van der Waals surface area (Å²) in [5, 5.41) is 19.2. The number of carbonyl (C=O) groups excluding carboxylic acids is 2. The van der Waals surface area contributed by atoms with Gasteiger partial charge in [0.25, 0.3) is 11.2 Å². The lowest BCUT2D eigenvalue weighted by Crippen LogP contribution is -2.59. The third-order valence-corrected chi connectivity index (χ3v) is 8.36. The zero-order valence-electron chi connectivity index (χ0n) is 25.2. The highest BCUT2D eigenvalue weighted by Crippen LogP contribution is 2.49. The Labute approximate surface area is 251 Å². The van der Waals surface area contributed by atoms with Crippen molar-refractivity contribution in [1.82, 2.24) is 0 Å². The first-order chi connectivity index (χ1) is 19.9. The molecular weight excluding hydrogens is 648 g/mol. The summed E-state index contributed by atoms with van der Waals surface area (Å²) in [5.41, 5.74) is -14.2. The maximum atomic E-state index is 13.5. The Morgan fingerprint density at radius 1 is 0.689 bits per heavy atom. The minimum Gasteiger partial charge on any atom is -0.462 e. The Hall–Kier alpha value is -1.98. The second-order valence-electron chi connectivity index (χ2n) is 12.7. The topological polar surface area (TPSA) is 93.1 Å². The van der Waals surface area contributed by atoms with Gasteiger partial charge in [0.1, 0.15) is 12.2 Å². The van der Waals surface area contributed by atoms with Crippen LogP contribution >= 0.6 is 0 Å². The average molecular weight is 687 g/mol. The molecule has 18 heteroatoms. The summed E-state index contributed by atoms with van der Waals surface area (Å²) < 4.78 is 169. The van der Waals surface area contributed by atoms with Gasteiger partial charge in [0.15, 0.2) is 0 Å². The summed E-state index contributed by atoms with van der Waals surface area (Å²) in [4.78, 5) is 26.2. The van der Waals surface area contributed by atoms with E-state index in [1.807, 2.05) is 0 Å². The Kier molecular flexibility index (Phi) is 12.4. The molecule has 1 fully saturated rings. The zero-order valence-corrected chi connectivity index (χ0v) is 25.2. The van der Waals surface area contributed by atoms with Crippen LogP contribution in [0.25, 0.3) is 0 Å². The van der Waals surface area contributed by atoms with Crippen molar-refractivity contribution in [3.63, 3.8) is 0 Å². The van der Waals surface area contributed by atoms with E-state index in [1.165, 1.54) is 6.92 Å². The van der Waals surface area contributed by atoms with Crippen molar-refractivity contribution >= 4 is 11.9 Å². The number of rotatable bonds is 12. The fourth-order valence-corrected chi connectivity index (χ4v) is 5.35. The standard InChI is InChI=1S/C27H38F12O6/c1-6-21(5,14-20(3,4)18(40)44-15(2)12-22(42,24(28,29)30)25(31,32)33)19(41)45-17(16-10-8-7-9-11-16)13-23(43,26(34,35)36)27(37,38)39/h15-17,42-43H,6-14H2,1-5H3. The number of halogens is 12. The van der Waals surface area contributed by atoms with Crippen LogP contribution in [0.4, 0.5) is 52.7 Å². The number of ether oxygens (including phenoxy) is 2. The highest BCUT2D eigenvalue weighted by molar-refractivity contribution is 5.80. The molecule has 3 atom stereocenters. The Bertz CT molecular complexity index is 984. The largest absolute Gasteiger partial charge is 0.462 e. The summed E-state index contributed by atoms with van der Waals surface area (Å²) in [5.74, 6) is -3.74. The van der Waals surface area contributed by atoms with E-state index in [2.05, 4.69) is 0 Å². The molecule has 0 amide bonds. The van der Waals surface area contributed by atoms with E-state index in [-0.39, 0.29) is 19.3 Å². The first-order valence-electron chi connectivity index (χ1n) is 14.0. The molecule has 1 saturated carbocycles. The van der Waals surface area contributed by atoms with Gasteiger partial charge in [-0.3, -0.25) is 9.59 Å². The second-order valence-corrected chi connectivity index (χ2v) is 12.7. The van der Waals surface area contributed by atoms with Gasteiger partial charge in [-0.05, 0) is 59.3 Å². The summed E-state index contributed by atoms with van der Waals surface area (Å²) >= 11 is 0. The van der Waals surface area contributed by atoms with Crippen LogP contribution in [-0.4, -0.2) is 70.3 Å². The fraction of sp³-hybridized carbons (Fsp3) is 0.926. The molecule has 1 aliphatic rings. The van der Waals surface area contributed by atoms with E-state index in [9.17, 15) is 72.5 Å². The van der Waals surface area contributed by atoms with Gasteiger partial charge in [0.2, 0.25) is 0 Å². The molecule has 6 nitrogen and oxygen atoms in total. The lowest BCUT2D eigenvalue weighted by Gasteiger charge is -2.40. The molecule has 0 heterocycles. The van der Waals surface area contributed by atoms with Crippen LogP contribution in [0.15, 0.2) is 0 Å². The molecule has 0 bridgehead atoms. The van der Waals surface area contributed by atoms with Gasteiger partial charge in [-0.25, -0.2) is 0 Å². The van der Waals surface area contributed by atoms with Crippen molar-refractivity contribution in [1.29, 1.82) is 0 Å². The molecule has 0 radical (unpaired) electrons. The third-order valence-electron chi connectivity index (χ3n) is 8.36. The summed E-state index contributed by atoms with van der Waals surface area (Å²) in [7, 11) is 0. The molecule has 2 N–H and O–H groups in total. The number of esters is 2. The van der Waals surface area contributed by atoms with Crippen LogP contribution < -0.4 is 0 Å². The molecule has 0 aliphatic heterocycles. The van der Waals surface area contributed by atoms with Crippen LogP contribution in [-0.2, 0) is 19.1 Å². The minimum atomic E-state index is -6.19. The van der Waals surface area contributed by atoms with Crippen molar-refractivity contribution in [2.45, 2.75) is 141 Å². The maximum Gasteiger partial charge on any atom is 0.426 e. The maximum absolute atomic E-state index is 13.5. The molecule has 3 unspecified atom stereocenters. The summed E-state index contributed by atoms with van der Waals surface area (Å²) in [6.07, 6.45) is -32.4. The number of hydrogen-bond donors (Lipinski definition) is 2. The normalized spacial score (nSPS) is 19.4. The molecule has 1 aliphatic carbocycles. The molecule has 0 aromatic rings. The molecule has 0 aromatic carbocycles. The molecule has 1 rings (SSSR count). The van der Waals surface area contributed by atoms with Crippen molar-refractivity contribution in [2.75, 3.05) is 0 Å². The van der Waals surface area contributed by atoms with Gasteiger partial charge in [0, 0.05) is 12.8 Å².